The maximum atomic E-state index is 11.8. The third kappa shape index (κ3) is 1.42. The summed E-state index contributed by atoms with van der Waals surface area (Å²) >= 11 is 0. The van der Waals surface area contributed by atoms with Gasteiger partial charge in [0.25, 0.3) is 5.56 Å². The van der Waals surface area contributed by atoms with Gasteiger partial charge in [-0.1, -0.05) is 0 Å². The second-order valence-corrected chi connectivity index (χ2v) is 5.47. The van der Waals surface area contributed by atoms with Gasteiger partial charge in [0.15, 0.2) is 14.9 Å². The van der Waals surface area contributed by atoms with E-state index in [0.717, 1.165) is 10.9 Å². The Labute approximate surface area is 91.2 Å². The lowest BCUT2D eigenvalue weighted by atomic mass is 10.4. The lowest BCUT2D eigenvalue weighted by Gasteiger charge is -1.96. The van der Waals surface area contributed by atoms with E-state index in [-0.39, 0.29) is 10.4 Å². The van der Waals surface area contributed by atoms with Crippen molar-refractivity contribution in [3.63, 3.8) is 0 Å². The molecule has 2 rings (SSSR count). The maximum Gasteiger partial charge on any atom is 0.278 e. The van der Waals surface area contributed by atoms with Crippen LogP contribution in [0.25, 0.3) is 10.9 Å². The Hall–Kier alpha value is -1.70. The Kier molecular flexibility index (Phi) is 2.12. The average molecular weight is 242 g/mol. The van der Waals surface area contributed by atoms with Crippen LogP contribution < -0.4 is 5.56 Å². The van der Waals surface area contributed by atoms with Crippen molar-refractivity contribution in [2.24, 2.45) is 14.1 Å². The van der Waals surface area contributed by atoms with Gasteiger partial charge in [-0.3, -0.25) is 9.48 Å². The van der Waals surface area contributed by atoms with Crippen LogP contribution >= 0.6 is 0 Å². The second-order valence-electron chi connectivity index (χ2n) is 3.53. The van der Waals surface area contributed by atoms with E-state index < -0.39 is 15.4 Å². The smallest absolute Gasteiger partial charge is 0.267 e. The van der Waals surface area contributed by atoms with Crippen LogP contribution in [0.3, 0.4) is 0 Å². The van der Waals surface area contributed by atoms with E-state index in [1.165, 1.54) is 17.9 Å². The molecule has 0 atom stereocenters. The van der Waals surface area contributed by atoms with E-state index in [4.69, 9.17) is 0 Å². The summed E-state index contributed by atoms with van der Waals surface area (Å²) in [7, 11) is -0.494. The number of hydrogen-bond acceptors (Lipinski definition) is 5. The minimum Gasteiger partial charge on any atom is -0.267 e. The first-order valence-corrected chi connectivity index (χ1v) is 6.30. The van der Waals surface area contributed by atoms with E-state index in [9.17, 15) is 13.2 Å². The van der Waals surface area contributed by atoms with E-state index in [1.807, 2.05) is 0 Å². The number of aryl methyl sites for hydroxylation is 2. The number of nitrogens with zero attached hydrogens (tertiary/aromatic N) is 4. The van der Waals surface area contributed by atoms with Crippen molar-refractivity contribution in [3.05, 3.63) is 16.6 Å². The van der Waals surface area contributed by atoms with Crippen molar-refractivity contribution in [1.82, 2.24) is 19.6 Å². The zero-order valence-corrected chi connectivity index (χ0v) is 9.82. The monoisotopic (exact) mass is 242 g/mol. The Morgan fingerprint density at radius 1 is 1.25 bits per heavy atom. The molecule has 0 unspecified atom stereocenters. The molecule has 7 nitrogen and oxygen atoms in total. The highest BCUT2D eigenvalue weighted by Gasteiger charge is 2.21. The van der Waals surface area contributed by atoms with Crippen LogP contribution in [-0.4, -0.2) is 34.2 Å². The normalized spacial score (nSPS) is 12.2. The number of sulfone groups is 1. The van der Waals surface area contributed by atoms with Crippen LogP contribution in [0.1, 0.15) is 0 Å². The molecule has 0 aliphatic heterocycles. The fourth-order valence-electron chi connectivity index (χ4n) is 1.48. The zero-order chi connectivity index (χ0) is 12.1. The van der Waals surface area contributed by atoms with Crippen LogP contribution in [0.15, 0.2) is 16.0 Å². The highest BCUT2D eigenvalue weighted by molar-refractivity contribution is 7.90. The molecule has 0 N–H and O–H groups in total. The molecular formula is C8H10N4O3S. The summed E-state index contributed by atoms with van der Waals surface area (Å²) in [4.78, 5) is 11.8. The van der Waals surface area contributed by atoms with Crippen LogP contribution in [0.2, 0.25) is 0 Å². The fourth-order valence-corrected chi connectivity index (χ4v) is 2.31. The SMILES string of the molecule is Cn1ncc2c(c(S(C)(=O)=O)nn2C)c1=O. The molecular weight excluding hydrogens is 232 g/mol. The summed E-state index contributed by atoms with van der Waals surface area (Å²) in [5, 5.41) is 7.53. The predicted molar refractivity (Wildman–Crippen MR) is 56.9 cm³/mol. The van der Waals surface area contributed by atoms with Gasteiger partial charge in [0, 0.05) is 20.4 Å². The Balaban J connectivity index is 3.10. The summed E-state index contributed by atoms with van der Waals surface area (Å²) in [5.41, 5.74) is -0.0606. The lowest BCUT2D eigenvalue weighted by molar-refractivity contribution is 0.595. The van der Waals surface area contributed by atoms with Gasteiger partial charge in [0.05, 0.1) is 11.7 Å². The predicted octanol–water partition coefficient (Wildman–Crippen LogP) is -0.930. The van der Waals surface area contributed by atoms with E-state index in [0.29, 0.717) is 5.52 Å². The van der Waals surface area contributed by atoms with Gasteiger partial charge in [0.1, 0.15) is 5.39 Å². The molecule has 0 bridgehead atoms. The van der Waals surface area contributed by atoms with Crippen LogP contribution in [0.5, 0.6) is 0 Å². The van der Waals surface area contributed by atoms with Crippen LogP contribution in [0, 0.1) is 0 Å². The Bertz CT molecular complexity index is 726. The molecule has 0 amide bonds. The molecule has 2 heterocycles. The van der Waals surface area contributed by atoms with E-state index in [2.05, 4.69) is 10.2 Å². The van der Waals surface area contributed by atoms with E-state index in [1.54, 1.807) is 7.05 Å². The molecule has 0 radical (unpaired) electrons. The molecule has 8 heteroatoms. The minimum atomic E-state index is -3.52. The molecule has 0 fully saturated rings. The number of hydrogen-bond donors (Lipinski definition) is 0. The number of rotatable bonds is 1. The average Bonchev–Trinajstić information content (AvgIpc) is 2.50. The van der Waals surface area contributed by atoms with Gasteiger partial charge in [-0.15, -0.1) is 0 Å². The lowest BCUT2D eigenvalue weighted by Crippen LogP contribution is -2.20. The van der Waals surface area contributed by atoms with Gasteiger partial charge in [0.2, 0.25) is 0 Å². The molecule has 2 aromatic rings. The topological polar surface area (TPSA) is 86.8 Å². The third-order valence-electron chi connectivity index (χ3n) is 2.27. The van der Waals surface area contributed by atoms with Crippen molar-refractivity contribution in [3.8, 4) is 0 Å². The summed E-state index contributed by atoms with van der Waals surface area (Å²) in [6.07, 6.45) is 2.44. The van der Waals surface area contributed by atoms with Crippen molar-refractivity contribution < 1.29 is 8.42 Å². The molecule has 0 aliphatic rings. The highest BCUT2D eigenvalue weighted by atomic mass is 32.2. The molecule has 0 aromatic carbocycles. The first-order valence-electron chi connectivity index (χ1n) is 4.41. The van der Waals surface area contributed by atoms with Crippen molar-refractivity contribution in [1.29, 1.82) is 0 Å². The quantitative estimate of drug-likeness (QED) is 0.644. The van der Waals surface area contributed by atoms with Gasteiger partial charge >= 0.3 is 0 Å². The number of aromatic nitrogens is 4. The standard InChI is InChI=1S/C8H10N4O3S/c1-11-5-4-9-12(2)8(13)6(5)7(10-11)16(3,14)15/h4H,1-3H3. The first kappa shape index (κ1) is 10.8. The summed E-state index contributed by atoms with van der Waals surface area (Å²) in [6, 6.07) is 0. The Morgan fingerprint density at radius 3 is 2.44 bits per heavy atom. The van der Waals surface area contributed by atoms with Crippen molar-refractivity contribution in [2.45, 2.75) is 5.03 Å². The molecule has 2 aromatic heterocycles. The second kappa shape index (κ2) is 3.14. The van der Waals surface area contributed by atoms with Gasteiger partial charge < -0.3 is 0 Å². The summed E-state index contributed by atoms with van der Waals surface area (Å²) < 4.78 is 25.4. The van der Waals surface area contributed by atoms with Gasteiger partial charge in [-0.25, -0.2) is 13.1 Å². The van der Waals surface area contributed by atoms with Crippen molar-refractivity contribution in [2.75, 3.05) is 6.26 Å². The zero-order valence-electron chi connectivity index (χ0n) is 9.00. The van der Waals surface area contributed by atoms with Crippen molar-refractivity contribution >= 4 is 20.7 Å². The highest BCUT2D eigenvalue weighted by Crippen LogP contribution is 2.16. The first-order chi connectivity index (χ1) is 7.32. The molecule has 0 saturated heterocycles. The summed E-state index contributed by atoms with van der Waals surface area (Å²) in [5.74, 6) is 0. The molecule has 0 aliphatic carbocycles. The fraction of sp³-hybridized carbons (Fsp3) is 0.375. The Morgan fingerprint density at radius 2 is 1.88 bits per heavy atom. The third-order valence-corrected chi connectivity index (χ3v) is 3.26. The maximum absolute atomic E-state index is 11.8. The number of fused-ring (bicyclic) bond motifs is 1. The van der Waals surface area contributed by atoms with Crippen LogP contribution in [0.4, 0.5) is 0 Å². The van der Waals surface area contributed by atoms with Gasteiger partial charge in [-0.05, 0) is 0 Å². The molecule has 0 saturated carbocycles. The molecule has 86 valence electrons. The molecule has 16 heavy (non-hydrogen) atoms. The minimum absolute atomic E-state index is 0.0856. The van der Waals surface area contributed by atoms with Crippen LogP contribution in [-0.2, 0) is 23.9 Å². The summed E-state index contributed by atoms with van der Waals surface area (Å²) in [6.45, 7) is 0. The largest absolute Gasteiger partial charge is 0.278 e. The van der Waals surface area contributed by atoms with E-state index >= 15 is 0 Å². The molecule has 0 spiro atoms. The van der Waals surface area contributed by atoms with Gasteiger partial charge in [-0.2, -0.15) is 10.2 Å².